The molecule has 120 valence electrons. The van der Waals surface area contributed by atoms with Crippen LogP contribution in [0.2, 0.25) is 5.02 Å². The first-order valence-corrected chi connectivity index (χ1v) is 9.96. The molecule has 0 aliphatic carbocycles. The molecule has 1 aromatic carbocycles. The Morgan fingerprint density at radius 2 is 1.86 bits per heavy atom. The van der Waals surface area contributed by atoms with Gasteiger partial charge in [0.2, 0.25) is 10.0 Å². The van der Waals surface area contributed by atoms with Crippen LogP contribution < -0.4 is 0 Å². The van der Waals surface area contributed by atoms with E-state index in [1.807, 2.05) is 0 Å². The second kappa shape index (κ2) is 7.06. The van der Waals surface area contributed by atoms with E-state index in [1.54, 1.807) is 6.92 Å². The van der Waals surface area contributed by atoms with E-state index in [4.69, 9.17) is 16.7 Å². The van der Waals surface area contributed by atoms with E-state index >= 15 is 0 Å². The van der Waals surface area contributed by atoms with Crippen molar-refractivity contribution in [2.75, 3.05) is 26.0 Å². The summed E-state index contributed by atoms with van der Waals surface area (Å²) in [5.74, 6) is 0. The third kappa shape index (κ3) is 4.40. The number of sulfone groups is 1. The maximum Gasteiger partial charge on any atom is 0.244 e. The van der Waals surface area contributed by atoms with Gasteiger partial charge in [-0.3, -0.25) is 0 Å². The van der Waals surface area contributed by atoms with Crippen molar-refractivity contribution in [1.82, 2.24) is 4.31 Å². The zero-order valence-electron chi connectivity index (χ0n) is 11.8. The van der Waals surface area contributed by atoms with Gasteiger partial charge >= 0.3 is 0 Å². The second-order valence-corrected chi connectivity index (χ2v) is 8.77. The van der Waals surface area contributed by atoms with Crippen molar-refractivity contribution in [2.45, 2.75) is 23.1 Å². The summed E-state index contributed by atoms with van der Waals surface area (Å²) in [5, 5.41) is 8.79. The van der Waals surface area contributed by atoms with Gasteiger partial charge in [-0.25, -0.2) is 16.8 Å². The molecule has 0 aromatic heterocycles. The molecule has 9 heteroatoms. The van der Waals surface area contributed by atoms with Crippen molar-refractivity contribution < 1.29 is 21.9 Å². The van der Waals surface area contributed by atoms with Crippen LogP contribution in [0.5, 0.6) is 0 Å². The number of aliphatic hydroxyl groups is 1. The number of halogens is 1. The van der Waals surface area contributed by atoms with Gasteiger partial charge in [-0.15, -0.1) is 0 Å². The summed E-state index contributed by atoms with van der Waals surface area (Å²) in [4.78, 5) is -0.351. The first-order valence-electron chi connectivity index (χ1n) is 6.25. The molecule has 0 saturated carbocycles. The van der Waals surface area contributed by atoms with Crippen LogP contribution in [0.25, 0.3) is 0 Å². The molecule has 21 heavy (non-hydrogen) atoms. The molecule has 0 aliphatic heterocycles. The summed E-state index contributed by atoms with van der Waals surface area (Å²) in [6.45, 7) is 1.85. The summed E-state index contributed by atoms with van der Waals surface area (Å²) in [6.07, 6.45) is 1.28. The van der Waals surface area contributed by atoms with Crippen LogP contribution in [0, 0.1) is 0 Å². The van der Waals surface area contributed by atoms with Gasteiger partial charge in [0.05, 0.1) is 9.92 Å². The molecule has 1 rings (SSSR count). The molecule has 0 amide bonds. The summed E-state index contributed by atoms with van der Waals surface area (Å²) in [7, 11) is -7.44. The van der Waals surface area contributed by atoms with Crippen molar-refractivity contribution in [1.29, 1.82) is 0 Å². The van der Waals surface area contributed by atoms with Crippen molar-refractivity contribution in [3.8, 4) is 0 Å². The molecule has 0 aliphatic rings. The SMILES string of the molecule is CCN(CCCO)S(=O)(=O)c1cc(S(C)(=O)=O)ccc1Cl. The number of nitrogens with zero attached hydrogens (tertiary/aromatic N) is 1. The number of hydrogen-bond donors (Lipinski definition) is 1. The van der Waals surface area contributed by atoms with Gasteiger partial charge in [-0.1, -0.05) is 18.5 Å². The number of rotatable bonds is 7. The molecule has 0 heterocycles. The van der Waals surface area contributed by atoms with E-state index in [2.05, 4.69) is 0 Å². The molecule has 0 spiro atoms. The van der Waals surface area contributed by atoms with Crippen molar-refractivity contribution in [3.05, 3.63) is 23.2 Å². The van der Waals surface area contributed by atoms with Crippen LogP contribution in [-0.2, 0) is 19.9 Å². The minimum absolute atomic E-state index is 0.0372. The summed E-state index contributed by atoms with van der Waals surface area (Å²) < 4.78 is 49.3. The summed E-state index contributed by atoms with van der Waals surface area (Å²) in [6, 6.07) is 3.58. The minimum Gasteiger partial charge on any atom is -0.396 e. The largest absolute Gasteiger partial charge is 0.396 e. The van der Waals surface area contributed by atoms with Crippen molar-refractivity contribution in [3.63, 3.8) is 0 Å². The van der Waals surface area contributed by atoms with Gasteiger partial charge in [-0.05, 0) is 24.6 Å². The Morgan fingerprint density at radius 3 is 2.33 bits per heavy atom. The highest BCUT2D eigenvalue weighted by Crippen LogP contribution is 2.27. The Morgan fingerprint density at radius 1 is 1.24 bits per heavy atom. The maximum atomic E-state index is 12.5. The lowest BCUT2D eigenvalue weighted by Crippen LogP contribution is -2.32. The Bertz CT molecular complexity index is 700. The highest BCUT2D eigenvalue weighted by atomic mass is 35.5. The van der Waals surface area contributed by atoms with E-state index in [0.717, 1.165) is 16.6 Å². The van der Waals surface area contributed by atoms with Gasteiger partial charge in [0.25, 0.3) is 0 Å². The van der Waals surface area contributed by atoms with Crippen LogP contribution >= 0.6 is 11.6 Å². The van der Waals surface area contributed by atoms with E-state index in [0.29, 0.717) is 0 Å². The second-order valence-electron chi connectivity index (χ2n) is 4.44. The van der Waals surface area contributed by atoms with Gasteiger partial charge in [0, 0.05) is 26.0 Å². The van der Waals surface area contributed by atoms with Crippen LogP contribution in [0.4, 0.5) is 0 Å². The number of benzene rings is 1. The molecular weight excluding hydrogens is 338 g/mol. The minimum atomic E-state index is -3.91. The molecule has 1 N–H and O–H groups in total. The van der Waals surface area contributed by atoms with E-state index in [9.17, 15) is 16.8 Å². The summed E-state index contributed by atoms with van der Waals surface area (Å²) in [5.41, 5.74) is 0. The first kappa shape index (κ1) is 18.4. The lowest BCUT2D eigenvalue weighted by Gasteiger charge is -2.21. The molecule has 0 saturated heterocycles. The Balaban J connectivity index is 3.36. The van der Waals surface area contributed by atoms with Gasteiger partial charge in [0.1, 0.15) is 4.90 Å². The van der Waals surface area contributed by atoms with Gasteiger partial charge in [0.15, 0.2) is 9.84 Å². The molecule has 0 fully saturated rings. The highest BCUT2D eigenvalue weighted by Gasteiger charge is 2.26. The monoisotopic (exact) mass is 355 g/mol. The van der Waals surface area contributed by atoms with E-state index in [-0.39, 0.29) is 40.9 Å². The van der Waals surface area contributed by atoms with Crippen LogP contribution in [0.3, 0.4) is 0 Å². The number of aliphatic hydroxyl groups excluding tert-OH is 1. The lowest BCUT2D eigenvalue weighted by molar-refractivity contribution is 0.271. The molecule has 0 bridgehead atoms. The summed E-state index contributed by atoms with van der Waals surface area (Å²) >= 11 is 5.92. The Labute approximate surface area is 130 Å². The lowest BCUT2D eigenvalue weighted by atomic mass is 10.4. The van der Waals surface area contributed by atoms with Gasteiger partial charge < -0.3 is 5.11 Å². The zero-order chi connectivity index (χ0) is 16.3. The molecule has 1 aromatic rings. The number of hydrogen-bond acceptors (Lipinski definition) is 5. The third-order valence-electron chi connectivity index (χ3n) is 2.87. The molecular formula is C12H18ClNO5S2. The highest BCUT2D eigenvalue weighted by molar-refractivity contribution is 7.91. The Kier molecular flexibility index (Phi) is 6.18. The molecule has 0 atom stereocenters. The fourth-order valence-electron chi connectivity index (χ4n) is 1.75. The van der Waals surface area contributed by atoms with E-state index < -0.39 is 19.9 Å². The molecule has 0 unspecified atom stereocenters. The third-order valence-corrected chi connectivity index (χ3v) is 6.43. The average molecular weight is 356 g/mol. The fraction of sp³-hybridized carbons (Fsp3) is 0.500. The Hall–Kier alpha value is -0.670. The molecule has 0 radical (unpaired) electrons. The van der Waals surface area contributed by atoms with Gasteiger partial charge in [-0.2, -0.15) is 4.31 Å². The normalized spacial score (nSPS) is 12.8. The van der Waals surface area contributed by atoms with Crippen LogP contribution in [-0.4, -0.2) is 52.2 Å². The number of sulfonamides is 1. The topological polar surface area (TPSA) is 91.8 Å². The smallest absolute Gasteiger partial charge is 0.244 e. The average Bonchev–Trinajstić information content (AvgIpc) is 2.38. The fourth-order valence-corrected chi connectivity index (χ4v) is 4.46. The predicted octanol–water partition coefficient (Wildman–Crippen LogP) is 1.14. The van der Waals surface area contributed by atoms with Crippen molar-refractivity contribution >= 4 is 31.5 Å². The maximum absolute atomic E-state index is 12.5. The molecule has 6 nitrogen and oxygen atoms in total. The van der Waals surface area contributed by atoms with Crippen molar-refractivity contribution in [2.24, 2.45) is 0 Å². The first-order chi connectivity index (χ1) is 9.64. The standard InChI is InChI=1S/C12H18ClNO5S2/c1-3-14(7-4-8-15)21(18,19)12-9-10(20(2,16)17)5-6-11(12)13/h5-6,9,15H,3-4,7-8H2,1-2H3. The van der Waals surface area contributed by atoms with Crippen LogP contribution in [0.15, 0.2) is 28.0 Å². The van der Waals surface area contributed by atoms with Crippen LogP contribution in [0.1, 0.15) is 13.3 Å². The predicted molar refractivity (Wildman–Crippen MR) is 80.7 cm³/mol. The quantitative estimate of drug-likeness (QED) is 0.791. The van der Waals surface area contributed by atoms with E-state index in [1.165, 1.54) is 12.1 Å². The zero-order valence-corrected chi connectivity index (χ0v) is 14.2.